The average Bonchev–Trinajstić information content (AvgIpc) is 2.92. The Morgan fingerprint density at radius 2 is 2.05 bits per heavy atom. The minimum absolute atomic E-state index is 0.0860. The van der Waals surface area contributed by atoms with Crippen molar-refractivity contribution in [3.8, 4) is 0 Å². The number of sulfonamides is 1. The summed E-state index contributed by atoms with van der Waals surface area (Å²) < 4.78 is 29.0. The summed E-state index contributed by atoms with van der Waals surface area (Å²) in [5.74, 6) is 0.301. The largest absolute Gasteiger partial charge is 0.317 e. The van der Waals surface area contributed by atoms with Gasteiger partial charge in [0.1, 0.15) is 4.90 Å². The molecule has 0 spiro atoms. The molecule has 0 saturated heterocycles. The van der Waals surface area contributed by atoms with Gasteiger partial charge in [-0.25, -0.2) is 13.1 Å². The number of rotatable bonds is 10. The van der Waals surface area contributed by atoms with Crippen LogP contribution in [0.2, 0.25) is 0 Å². The summed E-state index contributed by atoms with van der Waals surface area (Å²) in [5, 5.41) is 7.35. The standard InChI is InChI=1S/C14H28N4O2S/c1-5-12(3)13(4)17-21(19,20)14-10-16-18(11-14)9-7-8-15-6-2/h10-13,15,17H,5-9H2,1-4H3. The smallest absolute Gasteiger partial charge is 0.243 e. The predicted molar refractivity (Wildman–Crippen MR) is 84.6 cm³/mol. The summed E-state index contributed by atoms with van der Waals surface area (Å²) in [4.78, 5) is 0.237. The molecular weight excluding hydrogens is 288 g/mol. The van der Waals surface area contributed by atoms with E-state index in [9.17, 15) is 8.42 Å². The highest BCUT2D eigenvalue weighted by molar-refractivity contribution is 7.89. The lowest BCUT2D eigenvalue weighted by molar-refractivity contribution is 0.434. The van der Waals surface area contributed by atoms with Gasteiger partial charge in [-0.2, -0.15) is 5.10 Å². The zero-order valence-electron chi connectivity index (χ0n) is 13.5. The van der Waals surface area contributed by atoms with Crippen LogP contribution in [0.4, 0.5) is 0 Å². The molecule has 0 aromatic carbocycles. The van der Waals surface area contributed by atoms with Gasteiger partial charge < -0.3 is 5.32 Å². The molecule has 2 atom stereocenters. The van der Waals surface area contributed by atoms with Crippen LogP contribution in [0, 0.1) is 5.92 Å². The van der Waals surface area contributed by atoms with Crippen molar-refractivity contribution in [1.29, 1.82) is 0 Å². The van der Waals surface area contributed by atoms with Crippen molar-refractivity contribution in [1.82, 2.24) is 19.8 Å². The molecule has 0 aliphatic carbocycles. The second-order valence-corrected chi connectivity index (χ2v) is 7.16. The van der Waals surface area contributed by atoms with Crippen LogP contribution >= 0.6 is 0 Å². The van der Waals surface area contributed by atoms with E-state index in [-0.39, 0.29) is 10.9 Å². The molecule has 0 aliphatic heterocycles. The van der Waals surface area contributed by atoms with E-state index >= 15 is 0 Å². The highest BCUT2D eigenvalue weighted by atomic mass is 32.2. The van der Waals surface area contributed by atoms with Crippen molar-refractivity contribution in [2.75, 3.05) is 13.1 Å². The molecule has 1 rings (SSSR count). The number of aryl methyl sites for hydroxylation is 1. The average molecular weight is 316 g/mol. The molecule has 6 nitrogen and oxygen atoms in total. The highest BCUT2D eigenvalue weighted by Gasteiger charge is 2.21. The molecule has 1 aromatic heterocycles. The van der Waals surface area contributed by atoms with E-state index < -0.39 is 10.0 Å². The predicted octanol–water partition coefficient (Wildman–Crippen LogP) is 1.60. The molecule has 0 fully saturated rings. The van der Waals surface area contributed by atoms with Crippen molar-refractivity contribution in [3.05, 3.63) is 12.4 Å². The van der Waals surface area contributed by atoms with E-state index in [4.69, 9.17) is 0 Å². The Balaban J connectivity index is 2.61. The summed E-state index contributed by atoms with van der Waals surface area (Å²) in [5.41, 5.74) is 0. The molecular formula is C14H28N4O2S. The first kappa shape index (κ1) is 18.1. The molecule has 0 bridgehead atoms. The molecule has 21 heavy (non-hydrogen) atoms. The lowest BCUT2D eigenvalue weighted by atomic mass is 10.0. The van der Waals surface area contributed by atoms with Gasteiger partial charge in [0.25, 0.3) is 0 Å². The van der Waals surface area contributed by atoms with Crippen molar-refractivity contribution in [2.24, 2.45) is 5.92 Å². The van der Waals surface area contributed by atoms with Crippen LogP contribution in [0.1, 0.15) is 40.5 Å². The van der Waals surface area contributed by atoms with Gasteiger partial charge in [-0.05, 0) is 32.4 Å². The number of hydrogen-bond acceptors (Lipinski definition) is 4. The van der Waals surface area contributed by atoms with Crippen LogP contribution in [0.15, 0.2) is 17.3 Å². The fourth-order valence-electron chi connectivity index (χ4n) is 1.93. The Bertz CT molecular complexity index is 513. The fourth-order valence-corrected chi connectivity index (χ4v) is 3.24. The third-order valence-corrected chi connectivity index (χ3v) is 5.26. The summed E-state index contributed by atoms with van der Waals surface area (Å²) in [6.07, 6.45) is 4.87. The first-order valence-electron chi connectivity index (χ1n) is 7.66. The number of aromatic nitrogens is 2. The lowest BCUT2D eigenvalue weighted by Crippen LogP contribution is -2.36. The summed E-state index contributed by atoms with van der Waals surface area (Å²) in [6, 6.07) is -0.0860. The second kappa shape index (κ2) is 8.51. The zero-order chi connectivity index (χ0) is 15.9. The van der Waals surface area contributed by atoms with E-state index in [1.54, 1.807) is 10.9 Å². The van der Waals surface area contributed by atoms with E-state index in [2.05, 4.69) is 29.0 Å². The Morgan fingerprint density at radius 3 is 2.67 bits per heavy atom. The third-order valence-electron chi connectivity index (χ3n) is 3.75. The van der Waals surface area contributed by atoms with E-state index in [0.29, 0.717) is 12.5 Å². The van der Waals surface area contributed by atoms with E-state index in [1.165, 1.54) is 6.20 Å². The summed E-state index contributed by atoms with van der Waals surface area (Å²) in [6.45, 7) is 10.6. The van der Waals surface area contributed by atoms with Crippen LogP contribution < -0.4 is 10.0 Å². The summed E-state index contributed by atoms with van der Waals surface area (Å²) in [7, 11) is -3.48. The van der Waals surface area contributed by atoms with E-state index in [0.717, 1.165) is 25.9 Å². The highest BCUT2D eigenvalue weighted by Crippen LogP contribution is 2.13. The van der Waals surface area contributed by atoms with Crippen LogP contribution in [-0.2, 0) is 16.6 Å². The Kier molecular flexibility index (Phi) is 7.34. The van der Waals surface area contributed by atoms with Gasteiger partial charge in [-0.1, -0.05) is 27.2 Å². The van der Waals surface area contributed by atoms with Crippen molar-refractivity contribution in [3.63, 3.8) is 0 Å². The lowest BCUT2D eigenvalue weighted by Gasteiger charge is -2.19. The zero-order valence-corrected chi connectivity index (χ0v) is 14.3. The first-order valence-corrected chi connectivity index (χ1v) is 9.14. The SMILES string of the molecule is CCNCCCn1cc(S(=O)(=O)NC(C)C(C)CC)cn1. The second-order valence-electron chi connectivity index (χ2n) is 5.44. The first-order chi connectivity index (χ1) is 9.90. The fraction of sp³-hybridized carbons (Fsp3) is 0.786. The Labute approximate surface area is 128 Å². The molecule has 0 amide bonds. The maximum atomic E-state index is 12.3. The van der Waals surface area contributed by atoms with Crippen LogP contribution in [-0.4, -0.2) is 37.3 Å². The molecule has 122 valence electrons. The number of hydrogen-bond donors (Lipinski definition) is 2. The molecule has 0 saturated carbocycles. The number of nitrogens with zero attached hydrogens (tertiary/aromatic N) is 2. The summed E-state index contributed by atoms with van der Waals surface area (Å²) >= 11 is 0. The monoisotopic (exact) mass is 316 g/mol. The van der Waals surface area contributed by atoms with Crippen molar-refractivity contribution >= 4 is 10.0 Å². The molecule has 0 aliphatic rings. The molecule has 1 aromatic rings. The minimum Gasteiger partial charge on any atom is -0.317 e. The van der Waals surface area contributed by atoms with Crippen molar-refractivity contribution < 1.29 is 8.42 Å². The van der Waals surface area contributed by atoms with E-state index in [1.807, 2.05) is 13.8 Å². The minimum atomic E-state index is -3.48. The molecule has 2 unspecified atom stereocenters. The van der Waals surface area contributed by atoms with Crippen LogP contribution in [0.25, 0.3) is 0 Å². The van der Waals surface area contributed by atoms with Crippen molar-refractivity contribution in [2.45, 2.75) is 58.0 Å². The van der Waals surface area contributed by atoms with Gasteiger partial charge in [0.2, 0.25) is 10.0 Å². The maximum absolute atomic E-state index is 12.3. The van der Waals surface area contributed by atoms with Gasteiger partial charge >= 0.3 is 0 Å². The van der Waals surface area contributed by atoms with Crippen LogP contribution in [0.3, 0.4) is 0 Å². The molecule has 1 heterocycles. The Hall–Kier alpha value is -0.920. The molecule has 7 heteroatoms. The third kappa shape index (κ3) is 5.76. The quantitative estimate of drug-likeness (QED) is 0.643. The Morgan fingerprint density at radius 1 is 1.33 bits per heavy atom. The van der Waals surface area contributed by atoms with Gasteiger partial charge in [0, 0.05) is 18.8 Å². The van der Waals surface area contributed by atoms with Gasteiger partial charge in [-0.3, -0.25) is 4.68 Å². The van der Waals surface area contributed by atoms with Gasteiger partial charge in [0.05, 0.1) is 6.20 Å². The number of nitrogens with one attached hydrogen (secondary N) is 2. The normalized spacial score (nSPS) is 15.0. The molecule has 2 N–H and O–H groups in total. The maximum Gasteiger partial charge on any atom is 0.243 e. The topological polar surface area (TPSA) is 76.0 Å². The molecule has 0 radical (unpaired) electrons. The van der Waals surface area contributed by atoms with Gasteiger partial charge in [0.15, 0.2) is 0 Å². The van der Waals surface area contributed by atoms with Gasteiger partial charge in [-0.15, -0.1) is 0 Å². The van der Waals surface area contributed by atoms with Crippen LogP contribution in [0.5, 0.6) is 0 Å².